The molecule has 14 heavy (non-hydrogen) atoms. The summed E-state index contributed by atoms with van der Waals surface area (Å²) < 4.78 is 26.9. The lowest BCUT2D eigenvalue weighted by Crippen LogP contribution is -2.08. The minimum absolute atomic E-state index is 0.0893. The molecule has 0 aromatic carbocycles. The average Bonchev–Trinajstić information content (AvgIpc) is 2.48. The van der Waals surface area contributed by atoms with Gasteiger partial charge in [0.1, 0.15) is 5.75 Å². The molecule has 1 unspecified atom stereocenters. The van der Waals surface area contributed by atoms with E-state index in [1.807, 2.05) is 6.92 Å². The third-order valence-electron chi connectivity index (χ3n) is 1.63. The van der Waals surface area contributed by atoms with Crippen molar-refractivity contribution < 1.29 is 12.8 Å². The van der Waals surface area contributed by atoms with Crippen LogP contribution in [0, 0.1) is 0 Å². The van der Waals surface area contributed by atoms with E-state index in [2.05, 4.69) is 10.2 Å². The zero-order valence-corrected chi connectivity index (χ0v) is 8.91. The number of nitrogens with zero attached hydrogens (tertiary/aromatic N) is 2. The number of sulfone groups is 1. The Bertz CT molecular complexity index is 398. The van der Waals surface area contributed by atoms with Crippen LogP contribution in [0.5, 0.6) is 0 Å². The number of hydrogen-bond acceptors (Lipinski definition) is 6. The maximum absolute atomic E-state index is 10.9. The van der Waals surface area contributed by atoms with Crippen LogP contribution >= 0.6 is 0 Å². The van der Waals surface area contributed by atoms with Crippen molar-refractivity contribution in [3.8, 4) is 0 Å². The van der Waals surface area contributed by atoms with E-state index in [-0.39, 0.29) is 23.6 Å². The molecule has 0 radical (unpaired) electrons. The molecule has 0 aliphatic heterocycles. The van der Waals surface area contributed by atoms with Gasteiger partial charge in [-0.1, -0.05) is 6.92 Å². The fraction of sp³-hybridized carbons (Fsp3) is 0.714. The van der Waals surface area contributed by atoms with Gasteiger partial charge in [0.15, 0.2) is 9.84 Å². The Hall–Kier alpha value is -0.950. The van der Waals surface area contributed by atoms with Crippen LogP contribution in [0.3, 0.4) is 0 Å². The second-order valence-electron chi connectivity index (χ2n) is 3.12. The summed E-state index contributed by atoms with van der Waals surface area (Å²) in [6.45, 7) is 1.88. The smallest absolute Gasteiger partial charge is 0.233 e. The predicted molar refractivity (Wildman–Crippen MR) is 50.1 cm³/mol. The van der Waals surface area contributed by atoms with Crippen LogP contribution < -0.4 is 5.73 Å². The van der Waals surface area contributed by atoms with E-state index >= 15 is 0 Å². The van der Waals surface area contributed by atoms with Crippen LogP contribution in [0.2, 0.25) is 0 Å². The summed E-state index contributed by atoms with van der Waals surface area (Å²) >= 11 is 0. The molecule has 7 heteroatoms. The minimum Gasteiger partial charge on any atom is -0.422 e. The minimum atomic E-state index is -3.13. The third kappa shape index (κ3) is 3.08. The molecule has 6 nitrogen and oxygen atoms in total. The van der Waals surface area contributed by atoms with Gasteiger partial charge in [-0.25, -0.2) is 8.42 Å². The van der Waals surface area contributed by atoms with Crippen LogP contribution in [-0.2, 0) is 15.6 Å². The summed E-state index contributed by atoms with van der Waals surface area (Å²) in [6.07, 6.45) is 1.77. The van der Waals surface area contributed by atoms with E-state index in [1.165, 1.54) is 0 Å². The lowest BCUT2D eigenvalue weighted by atomic mass is 10.2. The lowest BCUT2D eigenvalue weighted by Gasteiger charge is -1.99. The van der Waals surface area contributed by atoms with Gasteiger partial charge in [-0.15, -0.1) is 10.2 Å². The van der Waals surface area contributed by atoms with Crippen molar-refractivity contribution in [2.24, 2.45) is 5.73 Å². The van der Waals surface area contributed by atoms with Gasteiger partial charge in [-0.3, -0.25) is 0 Å². The molecular formula is C7H13N3O3S. The Balaban J connectivity index is 2.79. The molecule has 0 saturated carbocycles. The Kier molecular flexibility index (Phi) is 3.22. The highest BCUT2D eigenvalue weighted by Crippen LogP contribution is 2.12. The van der Waals surface area contributed by atoms with Crippen molar-refractivity contribution in [3.05, 3.63) is 11.8 Å². The number of nitrogens with two attached hydrogens (primary N) is 1. The first kappa shape index (κ1) is 11.1. The zero-order valence-electron chi connectivity index (χ0n) is 8.10. The summed E-state index contributed by atoms with van der Waals surface area (Å²) in [4.78, 5) is 0. The van der Waals surface area contributed by atoms with E-state index < -0.39 is 9.84 Å². The third-order valence-corrected chi connectivity index (χ3v) is 2.40. The average molecular weight is 219 g/mol. The summed E-state index contributed by atoms with van der Waals surface area (Å²) in [5, 5.41) is 7.26. The van der Waals surface area contributed by atoms with Gasteiger partial charge in [0.2, 0.25) is 11.8 Å². The van der Waals surface area contributed by atoms with Crippen LogP contribution in [0.1, 0.15) is 31.2 Å². The fourth-order valence-corrected chi connectivity index (χ4v) is 1.44. The van der Waals surface area contributed by atoms with Gasteiger partial charge in [0.05, 0.1) is 6.04 Å². The molecule has 0 aliphatic rings. The molecule has 1 aromatic rings. The number of rotatable bonds is 4. The Morgan fingerprint density at radius 2 is 2.14 bits per heavy atom. The largest absolute Gasteiger partial charge is 0.422 e. The first-order chi connectivity index (χ1) is 6.42. The standard InChI is InChI=1S/C7H13N3O3S/c1-3-5(8)7-10-9-6(13-7)4-14(2,11)12/h5H,3-4,8H2,1-2H3. The Labute approximate surface area is 82.4 Å². The van der Waals surface area contributed by atoms with Crippen LogP contribution in [0.15, 0.2) is 4.42 Å². The summed E-state index contributed by atoms with van der Waals surface area (Å²) in [5.74, 6) is 0.133. The summed E-state index contributed by atoms with van der Waals surface area (Å²) in [7, 11) is -3.13. The molecule has 1 rings (SSSR count). The quantitative estimate of drug-likeness (QED) is 0.766. The first-order valence-corrected chi connectivity index (χ1v) is 6.24. The van der Waals surface area contributed by atoms with Crippen molar-refractivity contribution in [2.45, 2.75) is 25.1 Å². The highest BCUT2D eigenvalue weighted by atomic mass is 32.2. The fourth-order valence-electron chi connectivity index (χ4n) is 0.874. The SMILES string of the molecule is CCC(N)c1nnc(CS(C)(=O)=O)o1. The van der Waals surface area contributed by atoms with Gasteiger partial charge < -0.3 is 10.2 Å². The topological polar surface area (TPSA) is 99.1 Å². The monoisotopic (exact) mass is 219 g/mol. The van der Waals surface area contributed by atoms with Crippen molar-refractivity contribution in [1.29, 1.82) is 0 Å². The van der Waals surface area contributed by atoms with E-state index in [0.717, 1.165) is 6.26 Å². The molecule has 0 fully saturated rings. The molecule has 0 spiro atoms. The highest BCUT2D eigenvalue weighted by molar-refractivity contribution is 7.89. The van der Waals surface area contributed by atoms with Crippen LogP contribution in [0.4, 0.5) is 0 Å². The highest BCUT2D eigenvalue weighted by Gasteiger charge is 2.15. The molecule has 0 amide bonds. The number of hydrogen-bond donors (Lipinski definition) is 1. The van der Waals surface area contributed by atoms with Gasteiger partial charge in [-0.2, -0.15) is 0 Å². The van der Waals surface area contributed by atoms with Gasteiger partial charge >= 0.3 is 0 Å². The molecule has 0 saturated heterocycles. The second kappa shape index (κ2) is 4.05. The second-order valence-corrected chi connectivity index (χ2v) is 5.26. The van der Waals surface area contributed by atoms with E-state index in [9.17, 15) is 8.42 Å². The molecule has 0 bridgehead atoms. The maximum Gasteiger partial charge on any atom is 0.233 e. The zero-order chi connectivity index (χ0) is 10.8. The van der Waals surface area contributed by atoms with Crippen LogP contribution in [-0.4, -0.2) is 24.9 Å². The van der Waals surface area contributed by atoms with E-state index in [1.54, 1.807) is 0 Å². The normalized spacial score (nSPS) is 14.2. The number of aromatic nitrogens is 2. The summed E-state index contributed by atoms with van der Waals surface area (Å²) in [5.41, 5.74) is 5.63. The lowest BCUT2D eigenvalue weighted by molar-refractivity contribution is 0.421. The summed E-state index contributed by atoms with van der Waals surface area (Å²) in [6, 6.07) is -0.323. The van der Waals surface area contributed by atoms with E-state index in [4.69, 9.17) is 10.2 Å². The van der Waals surface area contributed by atoms with Gasteiger partial charge in [0, 0.05) is 6.26 Å². The van der Waals surface area contributed by atoms with Gasteiger partial charge in [0.25, 0.3) is 0 Å². The maximum atomic E-state index is 10.9. The molecule has 1 atom stereocenters. The first-order valence-electron chi connectivity index (χ1n) is 4.18. The molecule has 2 N–H and O–H groups in total. The molecule has 1 heterocycles. The van der Waals surface area contributed by atoms with Crippen molar-refractivity contribution in [2.75, 3.05) is 6.26 Å². The predicted octanol–water partition coefficient (Wildman–Crippen LogP) is 0.0240. The van der Waals surface area contributed by atoms with Gasteiger partial charge in [-0.05, 0) is 6.42 Å². The molecule has 0 aliphatic carbocycles. The molecule has 1 aromatic heterocycles. The van der Waals surface area contributed by atoms with Crippen molar-refractivity contribution in [3.63, 3.8) is 0 Å². The van der Waals surface area contributed by atoms with Crippen molar-refractivity contribution >= 4 is 9.84 Å². The van der Waals surface area contributed by atoms with E-state index in [0.29, 0.717) is 6.42 Å². The van der Waals surface area contributed by atoms with Crippen LogP contribution in [0.25, 0.3) is 0 Å². The van der Waals surface area contributed by atoms with Crippen molar-refractivity contribution in [1.82, 2.24) is 10.2 Å². The Morgan fingerprint density at radius 3 is 2.64 bits per heavy atom. The molecule has 80 valence electrons. The molecular weight excluding hydrogens is 206 g/mol. The Morgan fingerprint density at radius 1 is 1.50 bits per heavy atom.